The van der Waals surface area contributed by atoms with Gasteiger partial charge in [0.2, 0.25) is 5.91 Å². The summed E-state index contributed by atoms with van der Waals surface area (Å²) in [6.07, 6.45) is 1.24. The van der Waals surface area contributed by atoms with Crippen LogP contribution in [0.15, 0.2) is 12.3 Å². The Morgan fingerprint density at radius 3 is 2.94 bits per heavy atom. The van der Waals surface area contributed by atoms with Crippen LogP contribution in [-0.2, 0) is 14.3 Å². The summed E-state index contributed by atoms with van der Waals surface area (Å²) in [5.41, 5.74) is 0.0791. The summed E-state index contributed by atoms with van der Waals surface area (Å²) < 4.78 is 5.08. The van der Waals surface area contributed by atoms with Gasteiger partial charge in [0.05, 0.1) is 24.1 Å². The average Bonchev–Trinajstić information content (AvgIpc) is 2.66. The molecule has 0 unspecified atom stereocenters. The molecule has 2 bridgehead atoms. The summed E-state index contributed by atoms with van der Waals surface area (Å²) in [5.74, 6) is -0.232. The van der Waals surface area contributed by atoms with E-state index in [-0.39, 0.29) is 24.0 Å². The Bertz CT molecular complexity index is 406. The number of piperazine rings is 1. The van der Waals surface area contributed by atoms with Crippen molar-refractivity contribution in [3.05, 3.63) is 12.3 Å². The maximum Gasteiger partial charge on any atom is 0.314 e. The first-order chi connectivity index (χ1) is 7.56. The van der Waals surface area contributed by atoms with Crippen LogP contribution in [0.4, 0.5) is 0 Å². The van der Waals surface area contributed by atoms with Crippen LogP contribution in [0.2, 0.25) is 0 Å². The fraction of sp³-hybridized carbons (Fsp3) is 0.636. The van der Waals surface area contributed by atoms with Crippen molar-refractivity contribution in [1.29, 1.82) is 0 Å². The van der Waals surface area contributed by atoms with Crippen LogP contribution in [0, 0.1) is 5.41 Å². The average molecular weight is 222 g/mol. The lowest BCUT2D eigenvalue weighted by Gasteiger charge is -2.35. The second-order valence-corrected chi connectivity index (χ2v) is 4.84. The predicted molar refractivity (Wildman–Crippen MR) is 55.2 cm³/mol. The molecular formula is C11H14N2O3. The number of nitrogens with zero attached hydrogens (tertiary/aromatic N) is 1. The van der Waals surface area contributed by atoms with E-state index < -0.39 is 5.41 Å². The van der Waals surface area contributed by atoms with Crippen molar-refractivity contribution in [3.8, 4) is 0 Å². The number of esters is 1. The first-order valence-electron chi connectivity index (χ1n) is 5.45. The fourth-order valence-corrected chi connectivity index (χ4v) is 3.34. The summed E-state index contributed by atoms with van der Waals surface area (Å²) in [5, 5.41) is 2.76. The maximum atomic E-state index is 11.9. The summed E-state index contributed by atoms with van der Waals surface area (Å²) >= 11 is 0. The molecule has 0 aliphatic carbocycles. The van der Waals surface area contributed by atoms with E-state index in [4.69, 9.17) is 4.74 Å². The summed E-state index contributed by atoms with van der Waals surface area (Å²) in [4.78, 5) is 25.6. The zero-order valence-corrected chi connectivity index (χ0v) is 9.16. The number of cyclic esters (lactones) is 1. The van der Waals surface area contributed by atoms with Crippen LogP contribution in [0.5, 0.6) is 0 Å². The molecule has 0 aromatic carbocycles. The van der Waals surface area contributed by atoms with Crippen LogP contribution in [0.25, 0.3) is 0 Å². The maximum absolute atomic E-state index is 11.9. The molecule has 3 rings (SSSR count). The third kappa shape index (κ3) is 0.942. The highest BCUT2D eigenvalue weighted by Gasteiger charge is 2.63. The minimum atomic E-state index is -0.546. The van der Waals surface area contributed by atoms with E-state index in [0.29, 0.717) is 25.1 Å². The molecule has 3 aliphatic rings. The third-order valence-corrected chi connectivity index (χ3v) is 4.08. The van der Waals surface area contributed by atoms with Crippen molar-refractivity contribution in [2.24, 2.45) is 5.41 Å². The van der Waals surface area contributed by atoms with Crippen LogP contribution in [-0.4, -0.2) is 42.5 Å². The lowest BCUT2D eigenvalue weighted by molar-refractivity contribution is -0.146. The van der Waals surface area contributed by atoms with Gasteiger partial charge < -0.3 is 10.1 Å². The number of carbonyl (C=O) groups is 2. The molecule has 5 heteroatoms. The van der Waals surface area contributed by atoms with Crippen molar-refractivity contribution in [1.82, 2.24) is 10.2 Å². The van der Waals surface area contributed by atoms with Crippen molar-refractivity contribution >= 4 is 11.9 Å². The Balaban J connectivity index is 2.08. The largest absolute Gasteiger partial charge is 0.465 e. The van der Waals surface area contributed by atoms with Gasteiger partial charge in [-0.1, -0.05) is 6.58 Å². The highest BCUT2D eigenvalue weighted by Crippen LogP contribution is 2.50. The van der Waals surface area contributed by atoms with Gasteiger partial charge in [-0.15, -0.1) is 0 Å². The first kappa shape index (κ1) is 9.84. The number of carbonyl (C=O) groups excluding carboxylic acids is 2. The molecule has 0 saturated carbocycles. The highest BCUT2D eigenvalue weighted by atomic mass is 16.5. The molecule has 5 nitrogen and oxygen atoms in total. The SMILES string of the molecule is C=C1NC(=O)[C@@H]2C[C@]3(CCOC3=O)[C@H]1N2C. The molecule has 1 N–H and O–H groups in total. The highest BCUT2D eigenvalue weighted by molar-refractivity contribution is 5.90. The second-order valence-electron chi connectivity index (χ2n) is 4.84. The van der Waals surface area contributed by atoms with Crippen molar-refractivity contribution < 1.29 is 14.3 Å². The van der Waals surface area contributed by atoms with E-state index in [1.165, 1.54) is 0 Å². The Morgan fingerprint density at radius 1 is 1.56 bits per heavy atom. The number of fused-ring (bicyclic) bond motifs is 3. The number of rotatable bonds is 0. The summed E-state index contributed by atoms with van der Waals surface area (Å²) in [6, 6.07) is -0.327. The van der Waals surface area contributed by atoms with Gasteiger partial charge in [0, 0.05) is 5.70 Å². The lowest BCUT2D eigenvalue weighted by atomic mass is 9.77. The number of nitrogens with one attached hydrogen (secondary N) is 1. The zero-order chi connectivity index (χ0) is 11.5. The van der Waals surface area contributed by atoms with E-state index in [0.717, 1.165) is 0 Å². The van der Waals surface area contributed by atoms with E-state index >= 15 is 0 Å². The molecular weight excluding hydrogens is 208 g/mol. The molecule has 3 saturated heterocycles. The van der Waals surface area contributed by atoms with E-state index in [2.05, 4.69) is 11.9 Å². The van der Waals surface area contributed by atoms with Gasteiger partial charge in [0.25, 0.3) is 0 Å². The summed E-state index contributed by atoms with van der Waals surface area (Å²) in [6.45, 7) is 4.32. The molecule has 0 radical (unpaired) electrons. The van der Waals surface area contributed by atoms with Crippen LogP contribution >= 0.6 is 0 Å². The van der Waals surface area contributed by atoms with E-state index in [1.54, 1.807) is 0 Å². The topological polar surface area (TPSA) is 58.6 Å². The van der Waals surface area contributed by atoms with Crippen molar-refractivity contribution in [2.45, 2.75) is 24.9 Å². The zero-order valence-electron chi connectivity index (χ0n) is 9.16. The molecule has 1 amide bonds. The van der Waals surface area contributed by atoms with Gasteiger partial charge in [-0.2, -0.15) is 0 Å². The molecule has 16 heavy (non-hydrogen) atoms. The van der Waals surface area contributed by atoms with Crippen LogP contribution < -0.4 is 5.32 Å². The van der Waals surface area contributed by atoms with E-state index in [1.807, 2.05) is 11.9 Å². The minimum Gasteiger partial charge on any atom is -0.465 e. The first-order valence-corrected chi connectivity index (χ1v) is 5.45. The lowest BCUT2D eigenvalue weighted by Crippen LogP contribution is -2.54. The van der Waals surface area contributed by atoms with Gasteiger partial charge in [-0.05, 0) is 19.9 Å². The number of ether oxygens (including phenoxy) is 1. The predicted octanol–water partition coefficient (Wildman–Crippen LogP) is -0.364. The number of amides is 1. The van der Waals surface area contributed by atoms with Gasteiger partial charge in [0.1, 0.15) is 0 Å². The van der Waals surface area contributed by atoms with Crippen molar-refractivity contribution in [3.63, 3.8) is 0 Å². The molecule has 3 heterocycles. The molecule has 86 valence electrons. The molecule has 3 atom stereocenters. The third-order valence-electron chi connectivity index (χ3n) is 4.08. The van der Waals surface area contributed by atoms with Crippen molar-refractivity contribution in [2.75, 3.05) is 13.7 Å². The fourth-order valence-electron chi connectivity index (χ4n) is 3.34. The standard InChI is InChI=1S/C11H14N2O3/c1-6-8-11(3-4-16-10(11)15)5-7(13(8)2)9(14)12-6/h7-8H,1,3-5H2,2H3,(H,12,14)/t7-,8-,11+/m0/s1. The summed E-state index contributed by atoms with van der Waals surface area (Å²) in [7, 11) is 1.87. The number of hydrogen-bond donors (Lipinski definition) is 1. The molecule has 1 spiro atoms. The number of likely N-dealkylation sites (N-methyl/N-ethyl adjacent to an activating group) is 1. The Morgan fingerprint density at radius 2 is 2.31 bits per heavy atom. The quantitative estimate of drug-likeness (QED) is 0.568. The van der Waals surface area contributed by atoms with Crippen LogP contribution in [0.1, 0.15) is 12.8 Å². The number of hydrogen-bond acceptors (Lipinski definition) is 4. The minimum absolute atomic E-state index is 0.0553. The molecule has 3 fully saturated rings. The van der Waals surface area contributed by atoms with Crippen LogP contribution in [0.3, 0.4) is 0 Å². The normalized spacial score (nSPS) is 42.7. The monoisotopic (exact) mass is 222 g/mol. The smallest absolute Gasteiger partial charge is 0.314 e. The van der Waals surface area contributed by atoms with Gasteiger partial charge in [-0.3, -0.25) is 14.5 Å². The molecule has 0 aromatic heterocycles. The Labute approximate surface area is 93.4 Å². The second kappa shape index (κ2) is 2.85. The Kier molecular flexibility index (Phi) is 1.75. The van der Waals surface area contributed by atoms with Gasteiger partial charge >= 0.3 is 5.97 Å². The molecule has 3 aliphatic heterocycles. The molecule has 0 aromatic rings. The van der Waals surface area contributed by atoms with Gasteiger partial charge in [-0.25, -0.2) is 0 Å². The van der Waals surface area contributed by atoms with E-state index in [9.17, 15) is 9.59 Å². The van der Waals surface area contributed by atoms with Gasteiger partial charge in [0.15, 0.2) is 0 Å². The Hall–Kier alpha value is -1.36.